The van der Waals surface area contributed by atoms with Gasteiger partial charge in [0.2, 0.25) is 0 Å². The summed E-state index contributed by atoms with van der Waals surface area (Å²) in [6, 6.07) is 0. The molecule has 96 valence electrons. The lowest BCUT2D eigenvalue weighted by atomic mass is 10.1. The molecule has 0 fully saturated rings. The molecular formula is C15H31P. The van der Waals surface area contributed by atoms with Gasteiger partial charge in [-0.2, -0.15) is 0 Å². The molecule has 0 aromatic carbocycles. The van der Waals surface area contributed by atoms with E-state index in [0.717, 1.165) is 8.58 Å². The van der Waals surface area contributed by atoms with Crippen LogP contribution >= 0.6 is 8.58 Å². The SMILES string of the molecule is CC/C=C/PCCCCCCCCCCC. The molecule has 0 aliphatic heterocycles. The van der Waals surface area contributed by atoms with Gasteiger partial charge in [0.05, 0.1) is 0 Å². The van der Waals surface area contributed by atoms with Crippen molar-refractivity contribution >= 4 is 8.58 Å². The minimum absolute atomic E-state index is 1.07. The van der Waals surface area contributed by atoms with Crippen molar-refractivity contribution in [1.82, 2.24) is 0 Å². The van der Waals surface area contributed by atoms with Gasteiger partial charge in [0.1, 0.15) is 0 Å². The van der Waals surface area contributed by atoms with Crippen LogP contribution in [0.4, 0.5) is 0 Å². The Bertz CT molecular complexity index is 140. The Morgan fingerprint density at radius 1 is 0.750 bits per heavy atom. The minimum atomic E-state index is 1.07. The quantitative estimate of drug-likeness (QED) is 0.286. The third-order valence-corrected chi connectivity index (χ3v) is 4.01. The van der Waals surface area contributed by atoms with Crippen LogP contribution in [-0.2, 0) is 0 Å². The molecule has 0 aliphatic rings. The summed E-state index contributed by atoms with van der Waals surface area (Å²) in [7, 11) is 1.07. The molecule has 0 N–H and O–H groups in total. The largest absolute Gasteiger partial charge is 0.0987 e. The van der Waals surface area contributed by atoms with Gasteiger partial charge in [-0.25, -0.2) is 0 Å². The average Bonchev–Trinajstić information content (AvgIpc) is 2.31. The van der Waals surface area contributed by atoms with Crippen molar-refractivity contribution < 1.29 is 0 Å². The third-order valence-electron chi connectivity index (χ3n) is 2.90. The highest BCUT2D eigenvalue weighted by Gasteiger charge is 1.91. The van der Waals surface area contributed by atoms with Crippen molar-refractivity contribution in [3.63, 3.8) is 0 Å². The summed E-state index contributed by atoms with van der Waals surface area (Å²) >= 11 is 0. The van der Waals surface area contributed by atoms with Crippen molar-refractivity contribution in [2.24, 2.45) is 0 Å². The highest BCUT2D eigenvalue weighted by molar-refractivity contribution is 7.41. The lowest BCUT2D eigenvalue weighted by Gasteiger charge is -2.01. The first-order valence-corrected chi connectivity index (χ1v) is 8.58. The van der Waals surface area contributed by atoms with Crippen molar-refractivity contribution in [2.75, 3.05) is 6.16 Å². The molecule has 1 unspecified atom stereocenters. The first-order valence-electron chi connectivity index (χ1n) is 7.30. The van der Waals surface area contributed by atoms with E-state index in [-0.39, 0.29) is 0 Å². The molecule has 0 radical (unpaired) electrons. The zero-order valence-corrected chi connectivity index (χ0v) is 12.4. The molecule has 1 heteroatoms. The summed E-state index contributed by atoms with van der Waals surface area (Å²) in [5.74, 6) is 2.37. The standard InChI is InChI=1S/C15H31P/c1-3-5-7-8-9-10-11-12-13-15-16-14-6-4-2/h6,14,16H,3-5,7-13,15H2,1-2H3/b14-6+. The Balaban J connectivity index is 2.90. The van der Waals surface area contributed by atoms with Gasteiger partial charge in [-0.3, -0.25) is 0 Å². The first kappa shape index (κ1) is 16.2. The molecule has 0 saturated heterocycles. The summed E-state index contributed by atoms with van der Waals surface area (Å²) in [5.41, 5.74) is 0. The predicted molar refractivity (Wildman–Crippen MR) is 79.8 cm³/mol. The maximum Gasteiger partial charge on any atom is -0.0319 e. The molecule has 0 aromatic heterocycles. The van der Waals surface area contributed by atoms with Crippen LogP contribution in [0.25, 0.3) is 0 Å². The van der Waals surface area contributed by atoms with Crippen LogP contribution in [0.15, 0.2) is 11.9 Å². The molecule has 0 aliphatic carbocycles. The summed E-state index contributed by atoms with van der Waals surface area (Å²) in [6.07, 6.45) is 18.0. The monoisotopic (exact) mass is 242 g/mol. The van der Waals surface area contributed by atoms with Gasteiger partial charge in [0.25, 0.3) is 0 Å². The highest BCUT2D eigenvalue weighted by atomic mass is 31.1. The fourth-order valence-corrected chi connectivity index (χ4v) is 2.85. The van der Waals surface area contributed by atoms with Crippen LogP contribution in [0.1, 0.15) is 78.1 Å². The van der Waals surface area contributed by atoms with Crippen molar-refractivity contribution in [1.29, 1.82) is 0 Å². The van der Waals surface area contributed by atoms with Gasteiger partial charge >= 0.3 is 0 Å². The topological polar surface area (TPSA) is 0 Å². The minimum Gasteiger partial charge on any atom is -0.0987 e. The fraction of sp³-hybridized carbons (Fsp3) is 0.867. The van der Waals surface area contributed by atoms with Gasteiger partial charge in [0.15, 0.2) is 0 Å². The molecule has 0 aromatic rings. The zero-order chi connectivity index (χ0) is 11.9. The molecule has 0 spiro atoms. The van der Waals surface area contributed by atoms with E-state index in [9.17, 15) is 0 Å². The Hall–Kier alpha value is 0.170. The fourth-order valence-electron chi connectivity index (χ4n) is 1.82. The third kappa shape index (κ3) is 14.2. The number of allylic oxidation sites excluding steroid dienone is 1. The number of rotatable bonds is 12. The number of hydrogen-bond acceptors (Lipinski definition) is 0. The van der Waals surface area contributed by atoms with Crippen molar-refractivity contribution in [3.8, 4) is 0 Å². The Morgan fingerprint density at radius 3 is 1.88 bits per heavy atom. The van der Waals surface area contributed by atoms with Gasteiger partial charge < -0.3 is 0 Å². The van der Waals surface area contributed by atoms with E-state index < -0.39 is 0 Å². The van der Waals surface area contributed by atoms with Crippen LogP contribution in [0, 0.1) is 0 Å². The van der Waals surface area contributed by atoms with Crippen molar-refractivity contribution in [3.05, 3.63) is 11.9 Å². The van der Waals surface area contributed by atoms with Crippen LogP contribution < -0.4 is 0 Å². The molecule has 0 nitrogen and oxygen atoms in total. The molecule has 0 amide bonds. The maximum absolute atomic E-state index is 2.37. The average molecular weight is 242 g/mol. The summed E-state index contributed by atoms with van der Waals surface area (Å²) in [6.45, 7) is 4.49. The zero-order valence-electron chi connectivity index (χ0n) is 11.4. The predicted octanol–water partition coefficient (Wildman–Crippen LogP) is 6.12. The summed E-state index contributed by atoms with van der Waals surface area (Å²) < 4.78 is 0. The van der Waals surface area contributed by atoms with Gasteiger partial charge in [-0.05, 0) is 19.0 Å². The summed E-state index contributed by atoms with van der Waals surface area (Å²) in [4.78, 5) is 0. The lowest BCUT2D eigenvalue weighted by molar-refractivity contribution is 0.573. The van der Waals surface area contributed by atoms with Crippen LogP contribution in [-0.4, -0.2) is 6.16 Å². The number of hydrogen-bond donors (Lipinski definition) is 0. The molecule has 0 saturated carbocycles. The Morgan fingerprint density at radius 2 is 1.31 bits per heavy atom. The molecule has 0 bridgehead atoms. The lowest BCUT2D eigenvalue weighted by Crippen LogP contribution is -1.82. The summed E-state index contributed by atoms with van der Waals surface area (Å²) in [5, 5.41) is 0. The van der Waals surface area contributed by atoms with Gasteiger partial charge in [-0.15, -0.1) is 0 Å². The van der Waals surface area contributed by atoms with E-state index in [2.05, 4.69) is 25.7 Å². The molecule has 0 rings (SSSR count). The second kappa shape index (κ2) is 15.2. The van der Waals surface area contributed by atoms with Crippen LogP contribution in [0.5, 0.6) is 0 Å². The first-order chi connectivity index (χ1) is 7.91. The molecule has 16 heavy (non-hydrogen) atoms. The Kier molecular flexibility index (Phi) is 15.3. The molecular weight excluding hydrogens is 211 g/mol. The van der Waals surface area contributed by atoms with E-state index in [4.69, 9.17) is 0 Å². The second-order valence-electron chi connectivity index (χ2n) is 4.59. The highest BCUT2D eigenvalue weighted by Crippen LogP contribution is 2.16. The Labute approximate surface area is 105 Å². The van der Waals surface area contributed by atoms with Crippen LogP contribution in [0.2, 0.25) is 0 Å². The van der Waals surface area contributed by atoms with E-state index in [1.54, 1.807) is 0 Å². The maximum atomic E-state index is 2.37. The van der Waals surface area contributed by atoms with E-state index >= 15 is 0 Å². The van der Waals surface area contributed by atoms with Crippen LogP contribution in [0.3, 0.4) is 0 Å². The van der Waals surface area contributed by atoms with Gasteiger partial charge in [-0.1, -0.05) is 85.7 Å². The van der Waals surface area contributed by atoms with E-state index in [0.29, 0.717) is 0 Å². The van der Waals surface area contributed by atoms with E-state index in [1.807, 2.05) is 0 Å². The van der Waals surface area contributed by atoms with Crippen molar-refractivity contribution in [2.45, 2.75) is 78.1 Å². The molecule has 0 heterocycles. The van der Waals surface area contributed by atoms with E-state index in [1.165, 1.54) is 70.4 Å². The second-order valence-corrected chi connectivity index (χ2v) is 5.83. The molecule has 1 atom stereocenters. The number of unbranched alkanes of at least 4 members (excludes halogenated alkanes) is 8. The smallest absolute Gasteiger partial charge is 0.0319 e. The normalized spacial score (nSPS) is 12.1. The van der Waals surface area contributed by atoms with Gasteiger partial charge in [0, 0.05) is 0 Å².